The normalized spacial score (nSPS) is 15.7. The molecule has 45 heavy (non-hydrogen) atoms. The van der Waals surface area contributed by atoms with Gasteiger partial charge in [0.1, 0.15) is 24.0 Å². The van der Waals surface area contributed by atoms with Gasteiger partial charge in [-0.2, -0.15) is 0 Å². The second-order valence-electron chi connectivity index (χ2n) is 11.8. The monoisotopic (exact) mass is 622 g/mol. The van der Waals surface area contributed by atoms with Gasteiger partial charge in [-0.15, -0.1) is 5.10 Å². The SMILES string of the molecule is CCC1CN(Cc2cc(C(CC(=O)OCc3ccccc3)c3ccc4c(nnn4CC)c3Cl)ccc2C)Cc2ccccc2O1. The molecule has 2 heterocycles. The molecule has 0 saturated carbocycles. The molecule has 2 atom stereocenters. The van der Waals surface area contributed by atoms with Crippen LogP contribution >= 0.6 is 11.6 Å². The molecule has 0 spiro atoms. The summed E-state index contributed by atoms with van der Waals surface area (Å²) in [5.74, 6) is 0.357. The van der Waals surface area contributed by atoms with Crippen LogP contribution in [0.4, 0.5) is 0 Å². The first-order chi connectivity index (χ1) is 21.9. The molecule has 5 aromatic rings. The molecule has 0 fully saturated rings. The van der Waals surface area contributed by atoms with Crippen molar-refractivity contribution in [2.45, 2.75) is 71.9 Å². The van der Waals surface area contributed by atoms with E-state index in [9.17, 15) is 4.79 Å². The number of esters is 1. The van der Waals surface area contributed by atoms with Crippen molar-refractivity contribution in [2.24, 2.45) is 0 Å². The number of hydrogen-bond donors (Lipinski definition) is 0. The molecule has 0 aliphatic carbocycles. The van der Waals surface area contributed by atoms with Crippen molar-refractivity contribution in [3.8, 4) is 5.75 Å². The van der Waals surface area contributed by atoms with Crippen LogP contribution in [0.15, 0.2) is 84.9 Å². The van der Waals surface area contributed by atoms with Crippen LogP contribution in [-0.2, 0) is 35.8 Å². The van der Waals surface area contributed by atoms with Crippen molar-refractivity contribution in [2.75, 3.05) is 6.54 Å². The molecule has 6 rings (SSSR count). The van der Waals surface area contributed by atoms with Crippen molar-refractivity contribution in [1.29, 1.82) is 0 Å². The minimum absolute atomic E-state index is 0.117. The van der Waals surface area contributed by atoms with Crippen LogP contribution in [0.25, 0.3) is 11.0 Å². The lowest BCUT2D eigenvalue weighted by Crippen LogP contribution is -2.32. The molecule has 1 aliphatic heterocycles. The Hall–Kier alpha value is -4.20. The number of nitrogens with zero attached hydrogens (tertiary/aromatic N) is 4. The highest BCUT2D eigenvalue weighted by Crippen LogP contribution is 2.38. The van der Waals surface area contributed by atoms with Gasteiger partial charge >= 0.3 is 5.97 Å². The molecule has 0 amide bonds. The number of carbonyl (C=O) groups is 1. The maximum absolute atomic E-state index is 13.4. The van der Waals surface area contributed by atoms with Crippen molar-refractivity contribution < 1.29 is 14.3 Å². The maximum atomic E-state index is 13.4. The minimum Gasteiger partial charge on any atom is -0.489 e. The van der Waals surface area contributed by atoms with Crippen LogP contribution < -0.4 is 4.74 Å². The van der Waals surface area contributed by atoms with Crippen molar-refractivity contribution in [1.82, 2.24) is 19.9 Å². The standard InChI is InChI=1S/C37H39ClN4O3/c1-4-30-23-41(21-28-13-9-10-14-34(28)45-30)22-29-19-27(16-15-25(29)3)32(20-35(43)44-24-26-11-7-6-8-12-26)31-17-18-33-37(36(31)38)39-40-42(33)5-2/h6-19,30,32H,4-5,20-24H2,1-3H3. The maximum Gasteiger partial charge on any atom is 0.307 e. The third-order valence-corrected chi connectivity index (χ3v) is 9.09. The van der Waals surface area contributed by atoms with E-state index in [4.69, 9.17) is 21.1 Å². The predicted molar refractivity (Wildman–Crippen MR) is 177 cm³/mol. The summed E-state index contributed by atoms with van der Waals surface area (Å²) < 4.78 is 13.9. The highest BCUT2D eigenvalue weighted by atomic mass is 35.5. The number of carbonyl (C=O) groups excluding carboxylic acids is 1. The van der Waals surface area contributed by atoms with Crippen molar-refractivity contribution in [3.05, 3.63) is 123 Å². The Bertz CT molecular complexity index is 1790. The van der Waals surface area contributed by atoms with E-state index in [0.29, 0.717) is 17.1 Å². The van der Waals surface area contributed by atoms with Gasteiger partial charge in [-0.05, 0) is 60.2 Å². The number of benzene rings is 4. The Labute approximate surface area is 269 Å². The van der Waals surface area contributed by atoms with Crippen LogP contribution in [0, 0.1) is 6.92 Å². The van der Waals surface area contributed by atoms with E-state index in [2.05, 4.69) is 65.5 Å². The average Bonchev–Trinajstić information content (AvgIpc) is 3.40. The number of aryl methyl sites for hydroxylation is 2. The third-order valence-electron chi connectivity index (χ3n) is 8.69. The van der Waals surface area contributed by atoms with E-state index < -0.39 is 0 Å². The summed E-state index contributed by atoms with van der Waals surface area (Å²) >= 11 is 7.05. The summed E-state index contributed by atoms with van der Waals surface area (Å²) in [4.78, 5) is 15.8. The van der Waals surface area contributed by atoms with Crippen LogP contribution in [-0.4, -0.2) is 38.5 Å². The van der Waals surface area contributed by atoms with E-state index in [1.807, 2.05) is 60.1 Å². The number of hydrogen-bond acceptors (Lipinski definition) is 6. The Kier molecular flexibility index (Phi) is 9.47. The van der Waals surface area contributed by atoms with Gasteiger partial charge in [0, 0.05) is 37.7 Å². The molecular weight excluding hydrogens is 584 g/mol. The van der Waals surface area contributed by atoms with Gasteiger partial charge in [0.2, 0.25) is 0 Å². The molecular formula is C37H39ClN4O3. The fraction of sp³-hybridized carbons (Fsp3) is 0.324. The molecule has 0 radical (unpaired) electrons. The zero-order valence-corrected chi connectivity index (χ0v) is 26.8. The summed E-state index contributed by atoms with van der Waals surface area (Å²) in [5.41, 5.74) is 7.90. The van der Waals surface area contributed by atoms with E-state index in [0.717, 1.165) is 54.0 Å². The van der Waals surface area contributed by atoms with Gasteiger partial charge in [0.25, 0.3) is 0 Å². The third kappa shape index (κ3) is 6.90. The van der Waals surface area contributed by atoms with E-state index in [1.54, 1.807) is 0 Å². The quantitative estimate of drug-likeness (QED) is 0.148. The number of aromatic nitrogens is 3. The van der Waals surface area contributed by atoms with E-state index in [1.165, 1.54) is 16.7 Å². The summed E-state index contributed by atoms with van der Waals surface area (Å²) in [6.45, 7) is 9.64. The first kappa shape index (κ1) is 30.8. The van der Waals surface area contributed by atoms with Gasteiger partial charge in [0.15, 0.2) is 0 Å². The van der Waals surface area contributed by atoms with Crippen molar-refractivity contribution in [3.63, 3.8) is 0 Å². The molecule has 0 N–H and O–H groups in total. The number of ether oxygens (including phenoxy) is 2. The second-order valence-corrected chi connectivity index (χ2v) is 12.1. The van der Waals surface area contributed by atoms with Crippen molar-refractivity contribution >= 4 is 28.6 Å². The summed E-state index contributed by atoms with van der Waals surface area (Å²) in [6, 6.07) is 28.5. The average molecular weight is 623 g/mol. The Morgan fingerprint density at radius 2 is 1.84 bits per heavy atom. The van der Waals surface area contributed by atoms with Gasteiger partial charge in [-0.25, -0.2) is 4.68 Å². The summed E-state index contributed by atoms with van der Waals surface area (Å²) in [7, 11) is 0. The first-order valence-corrected chi connectivity index (χ1v) is 16.1. The summed E-state index contributed by atoms with van der Waals surface area (Å²) in [5, 5.41) is 9.17. The molecule has 2 unspecified atom stereocenters. The topological polar surface area (TPSA) is 69.5 Å². The lowest BCUT2D eigenvalue weighted by atomic mass is 9.86. The van der Waals surface area contributed by atoms with Gasteiger partial charge in [0.05, 0.1) is 17.0 Å². The number of fused-ring (bicyclic) bond motifs is 2. The van der Waals surface area contributed by atoms with Gasteiger partial charge in [-0.3, -0.25) is 9.69 Å². The molecule has 0 bridgehead atoms. The molecule has 232 valence electrons. The summed E-state index contributed by atoms with van der Waals surface area (Å²) in [6.07, 6.45) is 1.19. The molecule has 1 aromatic heterocycles. The highest BCUT2D eigenvalue weighted by Gasteiger charge is 2.26. The number of halogens is 1. The molecule has 7 nitrogen and oxygen atoms in total. The lowest BCUT2D eigenvalue weighted by Gasteiger charge is -2.25. The van der Waals surface area contributed by atoms with Gasteiger partial charge < -0.3 is 9.47 Å². The smallest absolute Gasteiger partial charge is 0.307 e. The predicted octanol–water partition coefficient (Wildman–Crippen LogP) is 7.85. The van der Waals surface area contributed by atoms with Crippen LogP contribution in [0.3, 0.4) is 0 Å². The lowest BCUT2D eigenvalue weighted by molar-refractivity contribution is -0.145. The van der Waals surface area contributed by atoms with Crippen LogP contribution in [0.5, 0.6) is 5.75 Å². The van der Waals surface area contributed by atoms with E-state index in [-0.39, 0.29) is 31.0 Å². The molecule has 8 heteroatoms. The molecule has 1 aliphatic rings. The molecule has 0 saturated heterocycles. The fourth-order valence-corrected chi connectivity index (χ4v) is 6.44. The van der Waals surface area contributed by atoms with Crippen LogP contribution in [0.1, 0.15) is 66.0 Å². The highest BCUT2D eigenvalue weighted by molar-refractivity contribution is 6.35. The number of rotatable bonds is 10. The Balaban J connectivity index is 1.32. The second kappa shape index (κ2) is 13.8. The Morgan fingerprint density at radius 1 is 1.04 bits per heavy atom. The first-order valence-electron chi connectivity index (χ1n) is 15.7. The minimum atomic E-state index is -0.326. The number of para-hydroxylation sites is 1. The zero-order valence-electron chi connectivity index (χ0n) is 26.1. The van der Waals surface area contributed by atoms with Crippen LogP contribution in [0.2, 0.25) is 5.02 Å². The van der Waals surface area contributed by atoms with Gasteiger partial charge in [-0.1, -0.05) is 96.5 Å². The van der Waals surface area contributed by atoms with E-state index >= 15 is 0 Å². The Morgan fingerprint density at radius 3 is 2.64 bits per heavy atom. The zero-order chi connectivity index (χ0) is 31.3. The fourth-order valence-electron chi connectivity index (χ4n) is 6.11. The largest absolute Gasteiger partial charge is 0.489 e. The molecule has 4 aromatic carbocycles.